The molecule has 30 heavy (non-hydrogen) atoms. The number of nitro groups is 1. The van der Waals surface area contributed by atoms with Crippen LogP contribution in [-0.2, 0) is 9.59 Å². The van der Waals surface area contributed by atoms with Crippen molar-refractivity contribution in [3.05, 3.63) is 69.9 Å². The number of nitrogens with zero attached hydrogens (tertiary/aromatic N) is 4. The molecule has 0 aliphatic carbocycles. The Labute approximate surface area is 174 Å². The molecule has 0 atom stereocenters. The van der Waals surface area contributed by atoms with Crippen LogP contribution < -0.4 is 9.80 Å². The van der Waals surface area contributed by atoms with Crippen LogP contribution in [0.1, 0.15) is 18.4 Å². The first kappa shape index (κ1) is 19.6. The highest BCUT2D eigenvalue weighted by Gasteiger charge is 2.43. The van der Waals surface area contributed by atoms with Crippen molar-refractivity contribution >= 4 is 34.4 Å². The maximum Gasteiger partial charge on any atom is 0.282 e. The second-order valence-electron chi connectivity index (χ2n) is 7.58. The summed E-state index contributed by atoms with van der Waals surface area (Å²) < 4.78 is 0. The highest BCUT2D eigenvalue weighted by atomic mass is 16.6. The minimum Gasteiger partial charge on any atom is -0.378 e. The van der Waals surface area contributed by atoms with Crippen molar-refractivity contribution in [2.75, 3.05) is 37.0 Å². The van der Waals surface area contributed by atoms with Gasteiger partial charge in [-0.1, -0.05) is 0 Å². The van der Waals surface area contributed by atoms with E-state index in [2.05, 4.69) is 0 Å². The molecule has 2 amide bonds. The van der Waals surface area contributed by atoms with Crippen molar-refractivity contribution < 1.29 is 14.5 Å². The Hall–Kier alpha value is -3.68. The van der Waals surface area contributed by atoms with Gasteiger partial charge in [0.15, 0.2) is 0 Å². The Bertz CT molecular complexity index is 1040. The van der Waals surface area contributed by atoms with Crippen molar-refractivity contribution in [2.24, 2.45) is 0 Å². The first-order valence-electron chi connectivity index (χ1n) is 9.78. The average molecular weight is 406 g/mol. The Morgan fingerprint density at radius 2 is 1.50 bits per heavy atom. The van der Waals surface area contributed by atoms with E-state index in [0.29, 0.717) is 35.6 Å². The molecule has 2 aliphatic rings. The number of hydrogen-bond donors (Lipinski definition) is 0. The number of likely N-dealkylation sites (tertiary alicyclic amines) is 1. The molecule has 2 heterocycles. The number of imide groups is 1. The van der Waals surface area contributed by atoms with Crippen LogP contribution in [0.4, 0.5) is 17.1 Å². The lowest BCUT2D eigenvalue weighted by molar-refractivity contribution is -0.384. The van der Waals surface area contributed by atoms with Gasteiger partial charge in [0.25, 0.3) is 17.5 Å². The summed E-state index contributed by atoms with van der Waals surface area (Å²) in [6.45, 7) is 1.41. The molecular formula is C22H22N4O4. The monoisotopic (exact) mass is 406 g/mol. The number of anilines is 2. The standard InChI is InChI=1S/C22H22N4O4/c1-23(2)16-9-11-17(12-10-16)25-21(27)19(15-5-7-18(8-6-15)26(29)30)20(22(25)28)24-13-3-4-14-24/h5-12H,3-4,13-14H2,1-2H3. The van der Waals surface area contributed by atoms with Crippen molar-refractivity contribution in [3.8, 4) is 0 Å². The summed E-state index contributed by atoms with van der Waals surface area (Å²) in [6, 6.07) is 13.0. The summed E-state index contributed by atoms with van der Waals surface area (Å²) in [5.74, 6) is -0.763. The minimum absolute atomic E-state index is 0.0602. The summed E-state index contributed by atoms with van der Waals surface area (Å²) in [5, 5.41) is 11.0. The van der Waals surface area contributed by atoms with Crippen LogP contribution in [0.5, 0.6) is 0 Å². The lowest BCUT2D eigenvalue weighted by Gasteiger charge is -2.21. The van der Waals surface area contributed by atoms with Gasteiger partial charge >= 0.3 is 0 Å². The van der Waals surface area contributed by atoms with Crippen molar-refractivity contribution in [1.29, 1.82) is 0 Å². The Morgan fingerprint density at radius 1 is 0.900 bits per heavy atom. The Morgan fingerprint density at radius 3 is 2.03 bits per heavy atom. The van der Waals surface area contributed by atoms with Gasteiger partial charge in [0.05, 0.1) is 16.2 Å². The summed E-state index contributed by atoms with van der Waals surface area (Å²) >= 11 is 0. The second-order valence-corrected chi connectivity index (χ2v) is 7.58. The van der Waals surface area contributed by atoms with E-state index < -0.39 is 10.8 Å². The molecule has 154 valence electrons. The lowest BCUT2D eigenvalue weighted by atomic mass is 10.0. The largest absolute Gasteiger partial charge is 0.378 e. The molecule has 0 bridgehead atoms. The second kappa shape index (κ2) is 7.62. The number of amides is 2. The fourth-order valence-electron chi connectivity index (χ4n) is 3.90. The highest BCUT2D eigenvalue weighted by molar-refractivity contribution is 6.45. The molecule has 4 rings (SSSR count). The number of benzene rings is 2. The van der Waals surface area contributed by atoms with Crippen LogP contribution in [0.15, 0.2) is 54.2 Å². The van der Waals surface area contributed by atoms with E-state index in [1.807, 2.05) is 36.0 Å². The number of hydrogen-bond acceptors (Lipinski definition) is 6. The predicted octanol–water partition coefficient (Wildman–Crippen LogP) is 3.04. The molecule has 0 radical (unpaired) electrons. The molecule has 0 aromatic heterocycles. The van der Waals surface area contributed by atoms with Crippen molar-refractivity contribution in [3.63, 3.8) is 0 Å². The fourth-order valence-corrected chi connectivity index (χ4v) is 3.90. The predicted molar refractivity (Wildman–Crippen MR) is 114 cm³/mol. The van der Waals surface area contributed by atoms with E-state index >= 15 is 0 Å². The van der Waals surface area contributed by atoms with Crippen LogP contribution in [0.2, 0.25) is 0 Å². The molecule has 8 nitrogen and oxygen atoms in total. The molecule has 1 fully saturated rings. The molecule has 1 saturated heterocycles. The molecule has 2 aromatic carbocycles. The summed E-state index contributed by atoms with van der Waals surface area (Å²) in [7, 11) is 3.84. The van der Waals surface area contributed by atoms with Gasteiger partial charge in [-0.25, -0.2) is 4.90 Å². The molecule has 2 aliphatic heterocycles. The third kappa shape index (κ3) is 3.30. The van der Waals surface area contributed by atoms with Gasteiger partial charge in [0.1, 0.15) is 5.70 Å². The first-order chi connectivity index (χ1) is 14.4. The highest BCUT2D eigenvalue weighted by Crippen LogP contribution is 2.36. The molecule has 8 heteroatoms. The number of non-ortho nitro benzene ring substituents is 1. The van der Waals surface area contributed by atoms with Gasteiger partial charge in [0.2, 0.25) is 0 Å². The maximum atomic E-state index is 13.4. The third-order valence-electron chi connectivity index (χ3n) is 5.47. The van der Waals surface area contributed by atoms with E-state index in [9.17, 15) is 19.7 Å². The zero-order valence-corrected chi connectivity index (χ0v) is 16.9. The van der Waals surface area contributed by atoms with E-state index in [1.165, 1.54) is 29.2 Å². The first-order valence-corrected chi connectivity index (χ1v) is 9.78. The van der Waals surface area contributed by atoms with Gasteiger partial charge < -0.3 is 9.80 Å². The lowest BCUT2D eigenvalue weighted by Crippen LogP contribution is -2.34. The average Bonchev–Trinajstić information content (AvgIpc) is 3.34. The fraction of sp³-hybridized carbons (Fsp3) is 0.273. The minimum atomic E-state index is -0.486. The van der Waals surface area contributed by atoms with Crippen molar-refractivity contribution in [2.45, 2.75) is 12.8 Å². The van der Waals surface area contributed by atoms with E-state index in [-0.39, 0.29) is 11.6 Å². The van der Waals surface area contributed by atoms with Crippen LogP contribution in [0.3, 0.4) is 0 Å². The van der Waals surface area contributed by atoms with Gasteiger partial charge in [-0.2, -0.15) is 0 Å². The number of carbonyl (C=O) groups excluding carboxylic acids is 2. The van der Waals surface area contributed by atoms with E-state index in [1.54, 1.807) is 12.1 Å². The summed E-state index contributed by atoms with van der Waals surface area (Å²) in [4.78, 5) is 42.4. The van der Waals surface area contributed by atoms with E-state index in [0.717, 1.165) is 18.5 Å². The summed E-state index contributed by atoms with van der Waals surface area (Å²) in [6.07, 6.45) is 1.91. The topological polar surface area (TPSA) is 87.0 Å². The van der Waals surface area contributed by atoms with Crippen LogP contribution in [0.25, 0.3) is 5.57 Å². The number of carbonyl (C=O) groups is 2. The van der Waals surface area contributed by atoms with Crippen molar-refractivity contribution in [1.82, 2.24) is 4.90 Å². The van der Waals surface area contributed by atoms with Gasteiger partial charge in [-0.3, -0.25) is 19.7 Å². The van der Waals surface area contributed by atoms with Gasteiger partial charge in [-0.15, -0.1) is 0 Å². The van der Waals surface area contributed by atoms with Gasteiger partial charge in [-0.05, 0) is 54.8 Å². The molecule has 0 spiro atoms. The molecular weight excluding hydrogens is 384 g/mol. The molecule has 0 unspecified atom stereocenters. The normalized spacial score (nSPS) is 16.6. The molecule has 0 N–H and O–H groups in total. The molecule has 0 saturated carbocycles. The Balaban J connectivity index is 1.77. The SMILES string of the molecule is CN(C)c1ccc(N2C(=O)C(c3ccc([N+](=O)[O-])cc3)=C(N3CCCC3)C2=O)cc1. The van der Waals surface area contributed by atoms with Crippen LogP contribution in [0, 0.1) is 10.1 Å². The summed E-state index contributed by atoms with van der Waals surface area (Å²) in [5.41, 5.74) is 2.59. The zero-order valence-electron chi connectivity index (χ0n) is 16.9. The third-order valence-corrected chi connectivity index (χ3v) is 5.47. The van der Waals surface area contributed by atoms with Crippen LogP contribution >= 0.6 is 0 Å². The maximum absolute atomic E-state index is 13.4. The quantitative estimate of drug-likeness (QED) is 0.431. The van der Waals surface area contributed by atoms with Crippen LogP contribution in [-0.4, -0.2) is 48.8 Å². The number of rotatable bonds is 5. The molecule has 2 aromatic rings. The number of nitro benzene ring substituents is 1. The van der Waals surface area contributed by atoms with Gasteiger partial charge in [0, 0.05) is 45.0 Å². The zero-order chi connectivity index (χ0) is 21.4. The van der Waals surface area contributed by atoms with E-state index in [4.69, 9.17) is 0 Å². The smallest absolute Gasteiger partial charge is 0.282 e. The Kier molecular flexibility index (Phi) is 4.99.